The predicted molar refractivity (Wildman–Crippen MR) is 99.3 cm³/mol. The average molecular weight is 391 g/mol. The summed E-state index contributed by atoms with van der Waals surface area (Å²) in [7, 11) is 0. The third kappa shape index (κ3) is 4.66. The first-order chi connectivity index (χ1) is 11.4. The number of hydrogen-bond acceptors (Lipinski definition) is 3. The fourth-order valence-corrected chi connectivity index (χ4v) is 2.63. The summed E-state index contributed by atoms with van der Waals surface area (Å²) in [5.41, 5.74) is 8.05. The molecule has 0 spiro atoms. The van der Waals surface area contributed by atoms with Gasteiger partial charge in [-0.15, -0.1) is 0 Å². The first-order valence-electron chi connectivity index (χ1n) is 7.93. The highest BCUT2D eigenvalue weighted by molar-refractivity contribution is 9.10. The van der Waals surface area contributed by atoms with Crippen LogP contribution in [-0.2, 0) is 28.2 Å². The Morgan fingerprint density at radius 3 is 2.42 bits per heavy atom. The average Bonchev–Trinajstić information content (AvgIpc) is 2.58. The molecule has 0 aromatic heterocycles. The Morgan fingerprint density at radius 1 is 1.17 bits per heavy atom. The molecule has 0 aliphatic carbocycles. The fourth-order valence-electron chi connectivity index (χ4n) is 2.37. The van der Waals surface area contributed by atoms with Gasteiger partial charge < -0.3 is 15.8 Å². The number of ether oxygens (including phenoxy) is 1. The third-order valence-corrected chi connectivity index (χ3v) is 4.46. The van der Waals surface area contributed by atoms with Crippen molar-refractivity contribution in [2.75, 3.05) is 6.61 Å². The zero-order valence-corrected chi connectivity index (χ0v) is 15.6. The number of carbonyl (C=O) groups is 1. The summed E-state index contributed by atoms with van der Waals surface area (Å²) in [6.07, 6.45) is 0. The van der Waals surface area contributed by atoms with Gasteiger partial charge in [-0.25, -0.2) is 0 Å². The van der Waals surface area contributed by atoms with Gasteiger partial charge in [0.15, 0.2) is 0 Å². The maximum atomic E-state index is 12.6. The van der Waals surface area contributed by atoms with Crippen molar-refractivity contribution in [2.45, 2.75) is 32.5 Å². The van der Waals surface area contributed by atoms with Gasteiger partial charge in [0.1, 0.15) is 5.54 Å². The van der Waals surface area contributed by atoms with Crippen LogP contribution in [0.15, 0.2) is 53.0 Å². The molecule has 0 aliphatic heterocycles. The van der Waals surface area contributed by atoms with Crippen LogP contribution in [0.5, 0.6) is 0 Å². The molecule has 0 aliphatic rings. The Kier molecular flexibility index (Phi) is 6.54. The molecule has 5 heteroatoms. The molecule has 2 rings (SSSR count). The van der Waals surface area contributed by atoms with Crippen molar-refractivity contribution in [1.29, 1.82) is 0 Å². The highest BCUT2D eigenvalue weighted by Gasteiger charge is 2.30. The third-order valence-electron chi connectivity index (χ3n) is 3.94. The van der Waals surface area contributed by atoms with E-state index in [1.54, 1.807) is 6.92 Å². The van der Waals surface area contributed by atoms with Gasteiger partial charge >= 0.3 is 0 Å². The smallest absolute Gasteiger partial charge is 0.244 e. The molecule has 0 bridgehead atoms. The lowest BCUT2D eigenvalue weighted by molar-refractivity contribution is -0.126. The Bertz CT molecular complexity index is 684. The van der Waals surface area contributed by atoms with Gasteiger partial charge in [-0.1, -0.05) is 52.3 Å². The second-order valence-electron chi connectivity index (χ2n) is 5.80. The van der Waals surface area contributed by atoms with Crippen LogP contribution in [0.1, 0.15) is 30.5 Å². The van der Waals surface area contributed by atoms with Crippen molar-refractivity contribution in [2.24, 2.45) is 5.73 Å². The zero-order chi connectivity index (χ0) is 17.6. The fraction of sp³-hybridized carbons (Fsp3) is 0.316. The molecule has 0 radical (unpaired) electrons. The van der Waals surface area contributed by atoms with E-state index >= 15 is 0 Å². The Hall–Kier alpha value is -1.69. The van der Waals surface area contributed by atoms with Crippen LogP contribution in [0.4, 0.5) is 0 Å². The quantitative estimate of drug-likeness (QED) is 0.760. The van der Waals surface area contributed by atoms with Gasteiger partial charge in [0.25, 0.3) is 0 Å². The lowest BCUT2D eigenvalue weighted by Gasteiger charge is -2.24. The summed E-state index contributed by atoms with van der Waals surface area (Å²) in [6.45, 7) is 5.30. The number of nitrogens with two attached hydrogens (primary N) is 1. The maximum absolute atomic E-state index is 12.6. The van der Waals surface area contributed by atoms with E-state index in [9.17, 15) is 4.79 Å². The molecule has 0 saturated carbocycles. The Labute approximate surface area is 151 Å². The minimum absolute atomic E-state index is 0.212. The lowest BCUT2D eigenvalue weighted by Crippen LogP contribution is -2.48. The van der Waals surface area contributed by atoms with Crippen LogP contribution < -0.4 is 11.1 Å². The highest BCUT2D eigenvalue weighted by Crippen LogP contribution is 2.21. The second-order valence-corrected chi connectivity index (χ2v) is 6.71. The normalized spacial score (nSPS) is 13.3. The van der Waals surface area contributed by atoms with Crippen LogP contribution >= 0.6 is 15.9 Å². The second kappa shape index (κ2) is 8.42. The predicted octanol–water partition coefficient (Wildman–Crippen LogP) is 3.48. The van der Waals surface area contributed by atoms with E-state index in [0.29, 0.717) is 19.8 Å². The monoisotopic (exact) mass is 390 g/mol. The SMILES string of the molecule is CCOCc1ccccc1CNC(=O)C(C)(N)c1ccc(Br)cc1. The van der Waals surface area contributed by atoms with E-state index in [-0.39, 0.29) is 5.91 Å². The molecule has 0 heterocycles. The van der Waals surface area contributed by atoms with Crippen LogP contribution in [0.3, 0.4) is 0 Å². The molecule has 128 valence electrons. The van der Waals surface area contributed by atoms with Gasteiger partial charge in [-0.3, -0.25) is 4.79 Å². The van der Waals surface area contributed by atoms with Crippen molar-refractivity contribution in [1.82, 2.24) is 5.32 Å². The molecule has 2 aromatic carbocycles. The summed E-state index contributed by atoms with van der Waals surface area (Å²) < 4.78 is 6.42. The van der Waals surface area contributed by atoms with Crippen molar-refractivity contribution in [3.8, 4) is 0 Å². The highest BCUT2D eigenvalue weighted by atomic mass is 79.9. The molecule has 4 nitrogen and oxygen atoms in total. The van der Waals surface area contributed by atoms with E-state index in [2.05, 4.69) is 21.2 Å². The topological polar surface area (TPSA) is 64.3 Å². The van der Waals surface area contributed by atoms with Crippen LogP contribution in [0.2, 0.25) is 0 Å². The molecule has 24 heavy (non-hydrogen) atoms. The molecule has 0 fully saturated rings. The molecule has 0 saturated heterocycles. The number of halogens is 1. The first-order valence-corrected chi connectivity index (χ1v) is 8.72. The molecule has 2 aromatic rings. The summed E-state index contributed by atoms with van der Waals surface area (Å²) in [6, 6.07) is 15.4. The molecular weight excluding hydrogens is 368 g/mol. The van der Waals surface area contributed by atoms with Gasteiger partial charge in [0.05, 0.1) is 6.61 Å². The van der Waals surface area contributed by atoms with Crippen molar-refractivity contribution < 1.29 is 9.53 Å². The molecule has 1 amide bonds. The Morgan fingerprint density at radius 2 is 1.79 bits per heavy atom. The standard InChI is InChI=1S/C19H23BrN2O2/c1-3-24-13-15-7-5-4-6-14(15)12-22-18(23)19(2,21)16-8-10-17(20)11-9-16/h4-11H,3,12-13,21H2,1-2H3,(H,22,23). The molecule has 1 unspecified atom stereocenters. The van der Waals surface area contributed by atoms with E-state index in [4.69, 9.17) is 10.5 Å². The van der Waals surface area contributed by atoms with Crippen molar-refractivity contribution in [3.63, 3.8) is 0 Å². The number of rotatable bonds is 7. The molecule has 1 atom stereocenters. The minimum Gasteiger partial charge on any atom is -0.377 e. The van der Waals surface area contributed by atoms with Crippen molar-refractivity contribution in [3.05, 3.63) is 69.7 Å². The maximum Gasteiger partial charge on any atom is 0.244 e. The van der Waals surface area contributed by atoms with Crippen LogP contribution in [0, 0.1) is 0 Å². The molecule has 3 N–H and O–H groups in total. The Balaban J connectivity index is 2.06. The number of amides is 1. The summed E-state index contributed by atoms with van der Waals surface area (Å²) in [5, 5.41) is 2.94. The van der Waals surface area contributed by atoms with E-state index in [1.165, 1.54) is 0 Å². The van der Waals surface area contributed by atoms with Crippen molar-refractivity contribution >= 4 is 21.8 Å². The first kappa shape index (κ1) is 18.6. The number of hydrogen-bond donors (Lipinski definition) is 2. The minimum atomic E-state index is -1.09. The van der Waals surface area contributed by atoms with Gasteiger partial charge in [0, 0.05) is 17.6 Å². The summed E-state index contributed by atoms with van der Waals surface area (Å²) >= 11 is 3.39. The zero-order valence-electron chi connectivity index (χ0n) is 14.0. The van der Waals surface area contributed by atoms with Gasteiger partial charge in [0.2, 0.25) is 5.91 Å². The van der Waals surface area contributed by atoms with Crippen LogP contribution in [0.25, 0.3) is 0 Å². The van der Waals surface area contributed by atoms with Crippen LogP contribution in [-0.4, -0.2) is 12.5 Å². The number of carbonyl (C=O) groups excluding carboxylic acids is 1. The summed E-state index contributed by atoms with van der Waals surface area (Å²) in [4.78, 5) is 12.6. The van der Waals surface area contributed by atoms with E-state index in [0.717, 1.165) is 21.2 Å². The molecular formula is C19H23BrN2O2. The number of nitrogens with one attached hydrogen (secondary N) is 1. The number of benzene rings is 2. The lowest BCUT2D eigenvalue weighted by atomic mass is 9.92. The van der Waals surface area contributed by atoms with E-state index < -0.39 is 5.54 Å². The largest absolute Gasteiger partial charge is 0.377 e. The van der Waals surface area contributed by atoms with Gasteiger partial charge in [-0.2, -0.15) is 0 Å². The van der Waals surface area contributed by atoms with E-state index in [1.807, 2.05) is 55.5 Å². The summed E-state index contributed by atoms with van der Waals surface area (Å²) in [5.74, 6) is -0.212. The van der Waals surface area contributed by atoms with Gasteiger partial charge in [-0.05, 0) is 42.7 Å².